The van der Waals surface area contributed by atoms with Crippen LogP contribution in [0.1, 0.15) is 92.7 Å². The van der Waals surface area contributed by atoms with E-state index in [2.05, 4.69) is 161 Å². The number of nitrogens with zero attached hydrogens (tertiary/aromatic N) is 4. The van der Waals surface area contributed by atoms with Crippen LogP contribution >= 0.6 is 11.3 Å². The monoisotopic (exact) mass is 1030 g/mol. The molecule has 1 radical (unpaired) electrons. The molecule has 4 nitrogen and oxygen atoms in total. The van der Waals surface area contributed by atoms with Crippen molar-refractivity contribution >= 4 is 55.9 Å². The van der Waals surface area contributed by atoms with Crippen molar-refractivity contribution in [2.45, 2.75) is 92.7 Å². The molecule has 0 saturated heterocycles. The van der Waals surface area contributed by atoms with Gasteiger partial charge in [-0.2, -0.15) is 11.3 Å². The standard InChI is InChI=1S/C37H32N3S.C18H24NSi.Ir/c1-22(2)30-20-26(25-12-7-6-8-13-25)21-31(23(3)4)34(30)40-33-17-10-9-16-32(33)39-36(40)29-15-11-14-27-28-19-18-24(5)38-37(28)41-35(27)29;1-13(2)16-11-17(15-9-7-14(3)8-10-15)19-12-18(16)20(4,5)6;/h6-14,16-23H,1-5H3;7-9,11-13H,1-6H3;/q2*-1;/i;3D3,13D;. The zero-order chi connectivity index (χ0) is 46.6. The summed E-state index contributed by atoms with van der Waals surface area (Å²) in [7, 11) is -1.61. The quantitative estimate of drug-likeness (QED) is 0.113. The van der Waals surface area contributed by atoms with Crippen LogP contribution in [0.4, 0.5) is 0 Å². The summed E-state index contributed by atoms with van der Waals surface area (Å²) in [5.41, 5.74) is 13.3. The van der Waals surface area contributed by atoms with Crippen molar-refractivity contribution in [3.05, 3.63) is 162 Å². The van der Waals surface area contributed by atoms with E-state index in [0.29, 0.717) is 11.8 Å². The van der Waals surface area contributed by atoms with E-state index in [1.165, 1.54) is 54.7 Å². The largest absolute Gasteiger partial charge is 0.333 e. The molecule has 0 fully saturated rings. The third kappa shape index (κ3) is 8.92. The van der Waals surface area contributed by atoms with Gasteiger partial charge in [-0.3, -0.25) is 4.98 Å². The molecule has 5 aromatic carbocycles. The van der Waals surface area contributed by atoms with E-state index in [-0.39, 0.29) is 25.7 Å². The minimum atomic E-state index is -2.13. The molecule has 0 bridgehead atoms. The Kier molecular flexibility index (Phi) is 11.8. The summed E-state index contributed by atoms with van der Waals surface area (Å²) >= 11 is 1.74. The molecule has 0 aliphatic heterocycles. The number of thiophene rings is 1. The Labute approximate surface area is 392 Å². The van der Waals surface area contributed by atoms with Crippen LogP contribution in [0.5, 0.6) is 0 Å². The van der Waals surface area contributed by atoms with Gasteiger partial charge in [0.1, 0.15) is 4.83 Å². The van der Waals surface area contributed by atoms with Crippen molar-refractivity contribution in [3.8, 4) is 39.5 Å². The van der Waals surface area contributed by atoms with Crippen molar-refractivity contribution in [1.82, 2.24) is 19.5 Å². The Bertz CT molecular complexity index is 3150. The normalized spacial score (nSPS) is 13.1. The Hall–Kier alpha value is -5.04. The summed E-state index contributed by atoms with van der Waals surface area (Å²) < 4.78 is 34.4. The van der Waals surface area contributed by atoms with Crippen molar-refractivity contribution in [3.63, 3.8) is 0 Å². The average molecular weight is 1030 g/mol. The second-order valence-corrected chi connectivity index (χ2v) is 23.8. The van der Waals surface area contributed by atoms with E-state index in [4.69, 9.17) is 15.5 Å². The summed E-state index contributed by atoms with van der Waals surface area (Å²) in [6.07, 6.45) is 1.89. The number of pyridine rings is 2. The number of benzene rings is 5. The molecule has 4 aromatic heterocycles. The van der Waals surface area contributed by atoms with E-state index >= 15 is 0 Å². The first-order valence-corrected chi connectivity index (χ1v) is 25.5. The average Bonchev–Trinajstić information content (AvgIpc) is 3.83. The van der Waals surface area contributed by atoms with Crippen LogP contribution in [0, 0.1) is 25.9 Å². The van der Waals surface area contributed by atoms with E-state index in [1.54, 1.807) is 23.5 Å². The molecule has 4 heterocycles. The first-order valence-electron chi connectivity index (χ1n) is 23.2. The fraction of sp³-hybridized carbons (Fsp3) is 0.255. The van der Waals surface area contributed by atoms with Crippen LogP contribution in [-0.2, 0) is 20.1 Å². The van der Waals surface area contributed by atoms with E-state index in [1.807, 2.05) is 32.2 Å². The molecule has 0 aliphatic rings. The van der Waals surface area contributed by atoms with Crippen molar-refractivity contribution < 1.29 is 25.6 Å². The van der Waals surface area contributed by atoms with Crippen LogP contribution in [-0.4, -0.2) is 27.6 Å². The molecule has 0 unspecified atom stereocenters. The van der Waals surface area contributed by atoms with Crippen molar-refractivity contribution in [2.24, 2.45) is 0 Å². The van der Waals surface area contributed by atoms with Gasteiger partial charge in [0.15, 0.2) is 0 Å². The number of rotatable bonds is 8. The van der Waals surface area contributed by atoms with Gasteiger partial charge in [-0.05, 0) is 98.2 Å². The Morgan fingerprint density at radius 2 is 1.45 bits per heavy atom. The summed E-state index contributed by atoms with van der Waals surface area (Å²) in [5.74, 6) is 0.843. The minimum absolute atomic E-state index is 0. The second-order valence-electron chi connectivity index (χ2n) is 17.8. The topological polar surface area (TPSA) is 43.6 Å². The van der Waals surface area contributed by atoms with Gasteiger partial charge in [-0.15, -0.1) is 53.6 Å². The number of aromatic nitrogens is 4. The van der Waals surface area contributed by atoms with Crippen LogP contribution < -0.4 is 5.19 Å². The second kappa shape index (κ2) is 18.4. The number of fused-ring (bicyclic) bond motifs is 4. The first-order chi connectivity index (χ1) is 30.7. The Morgan fingerprint density at radius 1 is 0.742 bits per heavy atom. The van der Waals surface area contributed by atoms with Gasteiger partial charge in [0.25, 0.3) is 0 Å². The van der Waals surface area contributed by atoms with Gasteiger partial charge in [0.2, 0.25) is 0 Å². The van der Waals surface area contributed by atoms with E-state index in [0.717, 1.165) is 49.8 Å². The van der Waals surface area contributed by atoms with Crippen molar-refractivity contribution in [2.75, 3.05) is 0 Å². The molecule has 7 heteroatoms. The molecular formula is C55H56IrN4SSi-2. The zero-order valence-corrected chi connectivity index (χ0v) is 41.4. The van der Waals surface area contributed by atoms with Crippen LogP contribution in [0.3, 0.4) is 0 Å². The molecule has 9 aromatic rings. The first kappa shape index (κ1) is 39.8. The molecule has 9 rings (SSSR count). The number of hydrogen-bond acceptors (Lipinski definition) is 4. The summed E-state index contributed by atoms with van der Waals surface area (Å²) in [6.45, 7) is 19.6. The molecule has 0 amide bonds. The Morgan fingerprint density at radius 3 is 2.10 bits per heavy atom. The van der Waals surface area contributed by atoms with Crippen LogP contribution in [0.15, 0.2) is 121 Å². The zero-order valence-electron chi connectivity index (χ0n) is 41.2. The van der Waals surface area contributed by atoms with Crippen LogP contribution in [0.25, 0.3) is 70.8 Å². The van der Waals surface area contributed by atoms with Gasteiger partial charge in [0, 0.05) is 43.2 Å². The van der Waals surface area contributed by atoms with Crippen molar-refractivity contribution in [1.29, 1.82) is 0 Å². The third-order valence-electron chi connectivity index (χ3n) is 11.3. The molecule has 0 atom stereocenters. The third-order valence-corrected chi connectivity index (χ3v) is 14.5. The molecule has 0 saturated carbocycles. The molecule has 0 N–H and O–H groups in total. The maximum Gasteiger partial charge on any atom is 0.113 e. The van der Waals surface area contributed by atoms with E-state index in [9.17, 15) is 0 Å². The summed E-state index contributed by atoms with van der Waals surface area (Å²) in [5, 5.41) is 3.58. The number of para-hydroxylation sites is 2. The summed E-state index contributed by atoms with van der Waals surface area (Å²) in [6, 6.07) is 45.9. The summed E-state index contributed by atoms with van der Waals surface area (Å²) in [4.78, 5) is 15.8. The maximum atomic E-state index is 8.48. The van der Waals surface area contributed by atoms with E-state index < -0.39 is 20.8 Å². The smallest absolute Gasteiger partial charge is 0.113 e. The number of hydrogen-bond donors (Lipinski definition) is 0. The SMILES string of the molecule is Cc1ccc2c(n1)sc1c(-c3nc4ccccc4n3-c3c(C(C)C)cc(-c4ccccc4)cc3C(C)C)[c-]ccc12.[2H]C([2H])([2H])c1c[c-]c(-c2cc(C([2H])(C)C)c([Si](C)(C)C)cn2)cc1.[Ir]. The Balaban J connectivity index is 0.000000223. The fourth-order valence-electron chi connectivity index (χ4n) is 8.11. The molecule has 0 aliphatic carbocycles. The number of aryl methyl sites for hydroxylation is 2. The molecular weight excluding hydrogens is 969 g/mol. The van der Waals surface area contributed by atoms with Crippen LogP contribution in [0.2, 0.25) is 19.6 Å². The number of imidazole rings is 1. The van der Waals surface area contributed by atoms with Gasteiger partial charge in [-0.25, -0.2) is 4.98 Å². The van der Waals surface area contributed by atoms with Gasteiger partial charge in [0.05, 0.1) is 24.9 Å². The maximum absolute atomic E-state index is 8.48. The molecule has 317 valence electrons. The van der Waals surface area contributed by atoms with Gasteiger partial charge < -0.3 is 9.55 Å². The fourth-order valence-corrected chi connectivity index (χ4v) is 10.9. The minimum Gasteiger partial charge on any atom is -0.333 e. The predicted octanol–water partition coefficient (Wildman–Crippen LogP) is 15.0. The molecule has 62 heavy (non-hydrogen) atoms. The molecule has 0 spiro atoms. The van der Waals surface area contributed by atoms with Gasteiger partial charge >= 0.3 is 0 Å². The van der Waals surface area contributed by atoms with Gasteiger partial charge in [-0.1, -0.05) is 139 Å². The predicted molar refractivity (Wildman–Crippen MR) is 265 cm³/mol.